The van der Waals surface area contributed by atoms with Gasteiger partial charge >= 0.3 is 6.18 Å². The molecule has 0 bridgehead atoms. The molecule has 1 aromatic carbocycles. The highest BCUT2D eigenvalue weighted by atomic mass is 35.5. The van der Waals surface area contributed by atoms with Crippen LogP contribution in [0.5, 0.6) is 11.5 Å². The minimum atomic E-state index is -4.49. The Morgan fingerprint density at radius 2 is 1.47 bits per heavy atom. The average Bonchev–Trinajstić information content (AvgIpc) is 2.26. The van der Waals surface area contributed by atoms with Crippen molar-refractivity contribution >= 4 is 12.4 Å². The van der Waals surface area contributed by atoms with Gasteiger partial charge in [0.1, 0.15) is 17.5 Å². The molecule has 2 N–H and O–H groups in total. The number of hydrogen-bond donors (Lipinski definition) is 1. The van der Waals surface area contributed by atoms with E-state index in [1.54, 1.807) is 0 Å². The third-order valence-electron chi connectivity index (χ3n) is 2.09. The fourth-order valence-electron chi connectivity index (χ4n) is 1.20. The molecule has 0 amide bonds. The van der Waals surface area contributed by atoms with E-state index in [0.717, 1.165) is 0 Å². The highest BCUT2D eigenvalue weighted by Gasteiger charge is 2.38. The topological polar surface area (TPSA) is 44.5 Å². The SMILES string of the molecule is COc1cc(OC)cc([C@H](N)C(F)(F)F)c1.Cl. The predicted molar refractivity (Wildman–Crippen MR) is 59.8 cm³/mol. The second-order valence-electron chi connectivity index (χ2n) is 3.17. The summed E-state index contributed by atoms with van der Waals surface area (Å²) in [5.74, 6) is 0.545. The highest BCUT2D eigenvalue weighted by molar-refractivity contribution is 5.85. The molecule has 0 saturated carbocycles. The Kier molecular flexibility index (Phi) is 5.57. The molecule has 0 aromatic heterocycles. The molecule has 17 heavy (non-hydrogen) atoms. The highest BCUT2D eigenvalue weighted by Crippen LogP contribution is 2.34. The van der Waals surface area contributed by atoms with Crippen molar-refractivity contribution in [3.05, 3.63) is 23.8 Å². The van der Waals surface area contributed by atoms with Gasteiger partial charge in [-0.25, -0.2) is 0 Å². The van der Waals surface area contributed by atoms with E-state index in [-0.39, 0.29) is 29.5 Å². The molecule has 0 aliphatic rings. The summed E-state index contributed by atoms with van der Waals surface area (Å²) in [7, 11) is 2.72. The lowest BCUT2D eigenvalue weighted by molar-refractivity contribution is -0.149. The Balaban J connectivity index is 0.00000256. The van der Waals surface area contributed by atoms with Crippen LogP contribution in [-0.2, 0) is 0 Å². The van der Waals surface area contributed by atoms with Crippen molar-refractivity contribution in [2.45, 2.75) is 12.2 Å². The first-order valence-electron chi connectivity index (χ1n) is 4.43. The van der Waals surface area contributed by atoms with Gasteiger partial charge in [-0.3, -0.25) is 0 Å². The molecule has 0 aliphatic heterocycles. The van der Waals surface area contributed by atoms with Crippen molar-refractivity contribution in [1.29, 1.82) is 0 Å². The van der Waals surface area contributed by atoms with E-state index in [9.17, 15) is 13.2 Å². The van der Waals surface area contributed by atoms with Gasteiger partial charge in [-0.05, 0) is 17.7 Å². The van der Waals surface area contributed by atoms with E-state index < -0.39 is 12.2 Å². The number of hydrogen-bond acceptors (Lipinski definition) is 3. The van der Waals surface area contributed by atoms with Crippen molar-refractivity contribution in [3.8, 4) is 11.5 Å². The van der Waals surface area contributed by atoms with E-state index in [2.05, 4.69) is 0 Å². The summed E-state index contributed by atoms with van der Waals surface area (Å²) in [6, 6.07) is 1.91. The Labute approximate surface area is 103 Å². The van der Waals surface area contributed by atoms with Crippen molar-refractivity contribution in [1.82, 2.24) is 0 Å². The normalized spacial score (nSPS) is 12.6. The number of ether oxygens (including phenoxy) is 2. The maximum absolute atomic E-state index is 12.4. The Hall–Kier alpha value is -1.14. The Morgan fingerprint density at radius 3 is 1.76 bits per heavy atom. The van der Waals surface area contributed by atoms with E-state index in [1.165, 1.54) is 32.4 Å². The van der Waals surface area contributed by atoms with Gasteiger partial charge in [-0.2, -0.15) is 13.2 Å². The van der Waals surface area contributed by atoms with Crippen molar-refractivity contribution in [3.63, 3.8) is 0 Å². The molecule has 0 radical (unpaired) electrons. The van der Waals surface area contributed by atoms with E-state index in [0.29, 0.717) is 0 Å². The Bertz CT molecular complexity index is 349. The van der Waals surface area contributed by atoms with E-state index >= 15 is 0 Å². The van der Waals surface area contributed by atoms with Gasteiger partial charge in [0.25, 0.3) is 0 Å². The number of rotatable bonds is 3. The van der Waals surface area contributed by atoms with Gasteiger partial charge in [0, 0.05) is 6.07 Å². The van der Waals surface area contributed by atoms with Gasteiger partial charge in [0.2, 0.25) is 0 Å². The molecule has 0 aliphatic carbocycles. The fraction of sp³-hybridized carbons (Fsp3) is 0.400. The standard InChI is InChI=1S/C10H12F3NO2.ClH/c1-15-7-3-6(4-8(5-7)16-2)9(14)10(11,12)13;/h3-5,9H,14H2,1-2H3;1H/t9-;/m0./s1. The minimum absolute atomic E-state index is 0. The molecule has 1 atom stereocenters. The van der Waals surface area contributed by atoms with Crippen LogP contribution < -0.4 is 15.2 Å². The summed E-state index contributed by atoms with van der Waals surface area (Å²) >= 11 is 0. The fourth-order valence-corrected chi connectivity index (χ4v) is 1.20. The summed E-state index contributed by atoms with van der Waals surface area (Å²) in [4.78, 5) is 0. The molecule has 1 rings (SSSR count). The summed E-state index contributed by atoms with van der Waals surface area (Å²) < 4.78 is 46.9. The molecular weight excluding hydrogens is 259 g/mol. The zero-order valence-electron chi connectivity index (χ0n) is 9.25. The van der Waals surface area contributed by atoms with E-state index in [4.69, 9.17) is 15.2 Å². The van der Waals surface area contributed by atoms with Crippen LogP contribution in [0.4, 0.5) is 13.2 Å². The molecule has 0 heterocycles. The average molecular weight is 272 g/mol. The smallest absolute Gasteiger partial charge is 0.407 e. The number of nitrogens with two attached hydrogens (primary N) is 1. The van der Waals surface area contributed by atoms with Crippen LogP contribution in [0.15, 0.2) is 18.2 Å². The van der Waals surface area contributed by atoms with Crippen LogP contribution >= 0.6 is 12.4 Å². The number of alkyl halides is 3. The van der Waals surface area contributed by atoms with Gasteiger partial charge in [-0.1, -0.05) is 0 Å². The first-order chi connectivity index (χ1) is 7.38. The third kappa shape index (κ3) is 3.98. The third-order valence-corrected chi connectivity index (χ3v) is 2.09. The number of methoxy groups -OCH3 is 2. The predicted octanol–water partition coefficient (Wildman–Crippen LogP) is 2.69. The van der Waals surface area contributed by atoms with Crippen LogP contribution in [0, 0.1) is 0 Å². The van der Waals surface area contributed by atoms with Gasteiger partial charge in [-0.15, -0.1) is 12.4 Å². The molecule has 98 valence electrons. The summed E-state index contributed by atoms with van der Waals surface area (Å²) in [6.07, 6.45) is -4.49. The molecule has 0 spiro atoms. The summed E-state index contributed by atoms with van der Waals surface area (Å²) in [5, 5.41) is 0. The maximum Gasteiger partial charge on any atom is 0.407 e. The maximum atomic E-state index is 12.4. The molecule has 0 unspecified atom stereocenters. The molecular formula is C10H13ClF3NO2. The number of halogens is 4. The van der Waals surface area contributed by atoms with E-state index in [1.807, 2.05) is 0 Å². The largest absolute Gasteiger partial charge is 0.497 e. The Morgan fingerprint density at radius 1 is 1.06 bits per heavy atom. The second-order valence-corrected chi connectivity index (χ2v) is 3.17. The first kappa shape index (κ1) is 15.9. The molecule has 0 saturated heterocycles. The summed E-state index contributed by atoms with van der Waals surface area (Å²) in [5.41, 5.74) is 4.99. The van der Waals surface area contributed by atoms with Crippen molar-refractivity contribution in [2.75, 3.05) is 14.2 Å². The van der Waals surface area contributed by atoms with Gasteiger partial charge < -0.3 is 15.2 Å². The van der Waals surface area contributed by atoms with Crippen LogP contribution in [0.1, 0.15) is 11.6 Å². The van der Waals surface area contributed by atoms with Crippen molar-refractivity contribution in [2.24, 2.45) is 5.73 Å². The molecule has 3 nitrogen and oxygen atoms in total. The van der Waals surface area contributed by atoms with Crippen LogP contribution in [0.2, 0.25) is 0 Å². The van der Waals surface area contributed by atoms with Crippen molar-refractivity contribution < 1.29 is 22.6 Å². The number of benzene rings is 1. The zero-order valence-corrected chi connectivity index (χ0v) is 10.1. The minimum Gasteiger partial charge on any atom is -0.497 e. The second kappa shape index (κ2) is 5.97. The van der Waals surface area contributed by atoms with Crippen LogP contribution in [0.3, 0.4) is 0 Å². The van der Waals surface area contributed by atoms with Gasteiger partial charge in [0.05, 0.1) is 14.2 Å². The monoisotopic (exact) mass is 271 g/mol. The van der Waals surface area contributed by atoms with Crippen LogP contribution in [-0.4, -0.2) is 20.4 Å². The van der Waals surface area contributed by atoms with Crippen LogP contribution in [0.25, 0.3) is 0 Å². The zero-order chi connectivity index (χ0) is 12.3. The molecule has 1 aromatic rings. The molecule has 7 heteroatoms. The summed E-state index contributed by atoms with van der Waals surface area (Å²) in [6.45, 7) is 0. The lowest BCUT2D eigenvalue weighted by Gasteiger charge is -2.17. The lowest BCUT2D eigenvalue weighted by Crippen LogP contribution is -2.28. The van der Waals surface area contributed by atoms with Gasteiger partial charge in [0.15, 0.2) is 0 Å². The lowest BCUT2D eigenvalue weighted by atomic mass is 10.1. The quantitative estimate of drug-likeness (QED) is 0.919. The molecule has 0 fully saturated rings. The first-order valence-corrected chi connectivity index (χ1v) is 4.43.